The number of hydrogen-bond acceptors (Lipinski definition) is 5. The molecule has 2 aromatic carbocycles. The van der Waals surface area contributed by atoms with Gasteiger partial charge in [-0.15, -0.1) is 0 Å². The van der Waals surface area contributed by atoms with E-state index in [2.05, 4.69) is 64.6 Å². The van der Waals surface area contributed by atoms with Gasteiger partial charge in [0.25, 0.3) is 0 Å². The topological polar surface area (TPSA) is 72.3 Å². The second-order valence-electron chi connectivity index (χ2n) is 11.4. The minimum Gasteiger partial charge on any atom is -0.444 e. The molecule has 1 amide bonds. The maximum atomic E-state index is 12.7. The van der Waals surface area contributed by atoms with Crippen LogP contribution in [0.3, 0.4) is 0 Å². The number of hydrogen-bond donors (Lipinski definition) is 1. The van der Waals surface area contributed by atoms with Gasteiger partial charge in [0, 0.05) is 53.7 Å². The molecule has 0 spiro atoms. The van der Waals surface area contributed by atoms with Gasteiger partial charge in [0.05, 0.1) is 11.2 Å². The molecule has 1 N–H and O–H groups in total. The number of amides is 1. The van der Waals surface area contributed by atoms with Crippen molar-refractivity contribution in [1.29, 1.82) is 0 Å². The maximum Gasteiger partial charge on any atom is 0.410 e. The van der Waals surface area contributed by atoms with Crippen LogP contribution in [0.4, 0.5) is 10.7 Å². The van der Waals surface area contributed by atoms with Crippen molar-refractivity contribution in [2.24, 2.45) is 0 Å². The number of ether oxygens (including phenoxy) is 1. The van der Waals surface area contributed by atoms with Gasteiger partial charge in [0.1, 0.15) is 5.60 Å². The van der Waals surface area contributed by atoms with Gasteiger partial charge in [0.15, 0.2) is 0 Å². The van der Waals surface area contributed by atoms with Crippen molar-refractivity contribution in [1.82, 2.24) is 19.4 Å². The molecule has 4 aromatic rings. The van der Waals surface area contributed by atoms with Crippen molar-refractivity contribution in [3.8, 4) is 16.9 Å². The summed E-state index contributed by atoms with van der Waals surface area (Å²) in [6.07, 6.45) is 8.17. The molecule has 38 heavy (non-hydrogen) atoms. The normalized spacial score (nSPS) is 18.0. The number of rotatable bonds is 5. The highest BCUT2D eigenvalue weighted by atomic mass is 16.6. The maximum absolute atomic E-state index is 12.7. The highest BCUT2D eigenvalue weighted by Crippen LogP contribution is 2.45. The average Bonchev–Trinajstić information content (AvgIpc) is 3.68. The van der Waals surface area contributed by atoms with Crippen LogP contribution in [-0.4, -0.2) is 50.3 Å². The Bertz CT molecular complexity index is 1450. The van der Waals surface area contributed by atoms with Crippen LogP contribution in [0, 0.1) is 0 Å². The summed E-state index contributed by atoms with van der Waals surface area (Å²) in [5.74, 6) is 1.12. The Kier molecular flexibility index (Phi) is 6.30. The van der Waals surface area contributed by atoms with Crippen LogP contribution in [0.25, 0.3) is 27.8 Å². The lowest BCUT2D eigenvalue weighted by Crippen LogP contribution is -2.47. The highest BCUT2D eigenvalue weighted by Gasteiger charge is 2.31. The molecule has 7 nitrogen and oxygen atoms in total. The van der Waals surface area contributed by atoms with Gasteiger partial charge in [-0.05, 0) is 70.6 Å². The zero-order chi connectivity index (χ0) is 26.3. The van der Waals surface area contributed by atoms with E-state index in [9.17, 15) is 4.79 Å². The molecule has 1 aliphatic heterocycles. The third-order valence-corrected chi connectivity index (χ3v) is 7.24. The highest BCUT2D eigenvalue weighted by molar-refractivity contribution is 5.97. The smallest absolute Gasteiger partial charge is 0.410 e. The summed E-state index contributed by atoms with van der Waals surface area (Å²) in [6.45, 7) is 6.98. The number of fused-ring (bicyclic) bond motifs is 1. The predicted octanol–water partition coefficient (Wildman–Crippen LogP) is 6.78. The second kappa shape index (κ2) is 9.78. The minimum atomic E-state index is -0.507. The SMILES string of the molecule is CC(C)(C)OC(=O)N1CCC[C@H](Nc2ncc(C3CC3)c(-c3cn(-c4ccccc4)c4ccccc34)n2)C1. The van der Waals surface area contributed by atoms with E-state index in [-0.39, 0.29) is 12.1 Å². The first kappa shape index (κ1) is 24.5. The molecular weight excluding hydrogens is 474 g/mol. The Morgan fingerprint density at radius 2 is 1.79 bits per heavy atom. The van der Waals surface area contributed by atoms with Crippen LogP contribution < -0.4 is 5.32 Å². The third-order valence-electron chi connectivity index (χ3n) is 7.24. The van der Waals surface area contributed by atoms with E-state index in [0.717, 1.165) is 35.3 Å². The van der Waals surface area contributed by atoms with E-state index in [0.29, 0.717) is 25.0 Å². The summed E-state index contributed by atoms with van der Waals surface area (Å²) in [5, 5.41) is 4.71. The quantitative estimate of drug-likeness (QED) is 0.321. The van der Waals surface area contributed by atoms with Gasteiger partial charge < -0.3 is 19.5 Å². The third kappa shape index (κ3) is 5.10. The van der Waals surface area contributed by atoms with Crippen molar-refractivity contribution in [3.05, 3.63) is 72.6 Å². The molecule has 7 heteroatoms. The molecule has 2 aliphatic rings. The van der Waals surface area contributed by atoms with E-state index in [1.54, 1.807) is 4.90 Å². The van der Waals surface area contributed by atoms with E-state index in [1.165, 1.54) is 23.8 Å². The Hall–Kier alpha value is -3.87. The van der Waals surface area contributed by atoms with Gasteiger partial charge in [-0.3, -0.25) is 0 Å². The molecule has 0 unspecified atom stereocenters. The number of carbonyl (C=O) groups excluding carboxylic acids is 1. The Morgan fingerprint density at radius 3 is 2.55 bits per heavy atom. The van der Waals surface area contributed by atoms with Gasteiger partial charge in [0.2, 0.25) is 5.95 Å². The minimum absolute atomic E-state index is 0.0709. The fraction of sp³-hybridized carbons (Fsp3) is 0.387. The number of aromatic nitrogens is 3. The van der Waals surface area contributed by atoms with Crippen LogP contribution in [0.5, 0.6) is 0 Å². The Labute approximate surface area is 223 Å². The summed E-state index contributed by atoms with van der Waals surface area (Å²) in [5.41, 5.74) is 5.10. The Morgan fingerprint density at radius 1 is 1.03 bits per heavy atom. The molecule has 2 aromatic heterocycles. The number of nitrogens with zero attached hydrogens (tertiary/aromatic N) is 4. The zero-order valence-corrected chi connectivity index (χ0v) is 22.4. The number of benzene rings is 2. The summed E-state index contributed by atoms with van der Waals surface area (Å²) in [7, 11) is 0. The number of piperidine rings is 1. The van der Waals surface area contributed by atoms with Crippen molar-refractivity contribution in [3.63, 3.8) is 0 Å². The number of likely N-dealkylation sites (tertiary alicyclic amines) is 1. The lowest BCUT2D eigenvalue weighted by atomic mass is 10.0. The van der Waals surface area contributed by atoms with Gasteiger partial charge >= 0.3 is 6.09 Å². The van der Waals surface area contributed by atoms with Crippen LogP contribution in [0.1, 0.15) is 57.9 Å². The molecule has 0 bridgehead atoms. The zero-order valence-electron chi connectivity index (χ0n) is 22.4. The Balaban J connectivity index is 1.32. The summed E-state index contributed by atoms with van der Waals surface area (Å²) < 4.78 is 7.85. The van der Waals surface area contributed by atoms with Crippen LogP contribution in [0.15, 0.2) is 67.0 Å². The molecule has 0 radical (unpaired) electrons. The standard InChI is InChI=1S/C31H35N5O2/c1-31(2,3)38-30(37)35-17-9-10-22(19-35)33-29-32-18-25(21-15-16-21)28(34-29)26-20-36(23-11-5-4-6-12-23)27-14-8-7-13-24(26)27/h4-8,11-14,18,20-22H,9-10,15-17,19H2,1-3H3,(H,32,33,34)/t22-/m0/s1. The molecule has 1 saturated heterocycles. The number of nitrogens with one attached hydrogen (secondary N) is 1. The molecule has 6 rings (SSSR count). The van der Waals surface area contributed by atoms with Crippen molar-refractivity contribution in [2.75, 3.05) is 18.4 Å². The number of carbonyl (C=O) groups is 1. The monoisotopic (exact) mass is 509 g/mol. The van der Waals surface area contributed by atoms with E-state index < -0.39 is 5.60 Å². The largest absolute Gasteiger partial charge is 0.444 e. The van der Waals surface area contributed by atoms with Crippen LogP contribution >= 0.6 is 0 Å². The van der Waals surface area contributed by atoms with Gasteiger partial charge in [-0.25, -0.2) is 14.8 Å². The van der Waals surface area contributed by atoms with Crippen LogP contribution in [0.2, 0.25) is 0 Å². The fourth-order valence-electron chi connectivity index (χ4n) is 5.31. The number of anilines is 1. The molecule has 2 fully saturated rings. The lowest BCUT2D eigenvalue weighted by molar-refractivity contribution is 0.0206. The summed E-state index contributed by atoms with van der Waals surface area (Å²) in [4.78, 5) is 24.3. The van der Waals surface area contributed by atoms with E-state index in [4.69, 9.17) is 14.7 Å². The van der Waals surface area contributed by atoms with Gasteiger partial charge in [-0.1, -0.05) is 36.4 Å². The average molecular weight is 510 g/mol. The molecular formula is C31H35N5O2. The van der Waals surface area contributed by atoms with Gasteiger partial charge in [-0.2, -0.15) is 0 Å². The van der Waals surface area contributed by atoms with E-state index in [1.807, 2.05) is 33.0 Å². The number of para-hydroxylation sites is 2. The summed E-state index contributed by atoms with van der Waals surface area (Å²) in [6, 6.07) is 19.0. The fourth-order valence-corrected chi connectivity index (χ4v) is 5.31. The summed E-state index contributed by atoms with van der Waals surface area (Å²) >= 11 is 0. The molecule has 1 aliphatic carbocycles. The molecule has 3 heterocycles. The molecule has 196 valence electrons. The first-order valence-corrected chi connectivity index (χ1v) is 13.6. The first-order chi connectivity index (χ1) is 18.4. The van der Waals surface area contributed by atoms with Crippen molar-refractivity contribution in [2.45, 2.75) is 64.0 Å². The second-order valence-corrected chi connectivity index (χ2v) is 11.4. The first-order valence-electron chi connectivity index (χ1n) is 13.6. The van der Waals surface area contributed by atoms with Crippen molar-refractivity contribution >= 4 is 22.9 Å². The molecule has 1 saturated carbocycles. The lowest BCUT2D eigenvalue weighted by Gasteiger charge is -2.34. The predicted molar refractivity (Wildman–Crippen MR) is 151 cm³/mol. The molecule has 1 atom stereocenters. The van der Waals surface area contributed by atoms with Crippen molar-refractivity contribution < 1.29 is 9.53 Å². The van der Waals surface area contributed by atoms with E-state index >= 15 is 0 Å². The van der Waals surface area contributed by atoms with Crippen LogP contribution in [-0.2, 0) is 4.74 Å².